The highest BCUT2D eigenvalue weighted by Crippen LogP contribution is 2.33. The van der Waals surface area contributed by atoms with Crippen LogP contribution < -0.4 is 0 Å². The molecule has 1 fully saturated rings. The van der Waals surface area contributed by atoms with Gasteiger partial charge in [0, 0.05) is 18.5 Å². The SMILES string of the molecule is Cc1nc(CSCC(=O)N2CCC[C@H]2c2ccc(Cl)cc2)no1. The topological polar surface area (TPSA) is 59.2 Å². The summed E-state index contributed by atoms with van der Waals surface area (Å²) in [5, 5.41) is 4.55. The van der Waals surface area contributed by atoms with E-state index in [-0.39, 0.29) is 11.9 Å². The number of carbonyl (C=O) groups is 1. The van der Waals surface area contributed by atoms with Crippen molar-refractivity contribution in [1.29, 1.82) is 0 Å². The molecule has 2 aromatic rings. The number of hydrogen-bond acceptors (Lipinski definition) is 5. The van der Waals surface area contributed by atoms with Gasteiger partial charge in [0.1, 0.15) is 0 Å². The Labute approximate surface area is 144 Å². The van der Waals surface area contributed by atoms with Crippen LogP contribution in [0.1, 0.15) is 36.2 Å². The van der Waals surface area contributed by atoms with Crippen LogP contribution in [0.5, 0.6) is 0 Å². The molecule has 1 aliphatic heterocycles. The first-order valence-corrected chi connectivity index (χ1v) is 9.08. The van der Waals surface area contributed by atoms with Gasteiger partial charge in [-0.15, -0.1) is 11.8 Å². The molecular weight excluding hydrogens is 334 g/mol. The minimum absolute atomic E-state index is 0.160. The van der Waals surface area contributed by atoms with Gasteiger partial charge in [0.15, 0.2) is 5.82 Å². The molecule has 1 aliphatic rings. The molecule has 0 N–H and O–H groups in total. The number of hydrogen-bond donors (Lipinski definition) is 0. The Balaban J connectivity index is 1.56. The lowest BCUT2D eigenvalue weighted by Crippen LogP contribution is -2.32. The minimum atomic E-state index is 0.160. The lowest BCUT2D eigenvalue weighted by Gasteiger charge is -2.25. The Morgan fingerprint density at radius 2 is 2.22 bits per heavy atom. The Kier molecular flexibility index (Phi) is 5.23. The quantitative estimate of drug-likeness (QED) is 0.823. The number of aryl methyl sites for hydroxylation is 1. The van der Waals surface area contributed by atoms with Gasteiger partial charge in [-0.1, -0.05) is 28.9 Å². The summed E-state index contributed by atoms with van der Waals surface area (Å²) in [5.74, 6) is 2.36. The number of rotatable bonds is 5. The molecule has 0 bridgehead atoms. The van der Waals surface area contributed by atoms with Crippen molar-refractivity contribution in [2.24, 2.45) is 0 Å². The van der Waals surface area contributed by atoms with Crippen molar-refractivity contribution in [3.05, 3.63) is 46.6 Å². The standard InChI is InChI=1S/C16H18ClN3O2S/c1-11-18-15(19-22-11)9-23-10-16(21)20-8-2-3-14(20)12-4-6-13(17)7-5-12/h4-7,14H,2-3,8-10H2,1H3/t14-/m0/s1. The van der Waals surface area contributed by atoms with Gasteiger partial charge in [0.2, 0.25) is 11.8 Å². The van der Waals surface area contributed by atoms with E-state index in [1.165, 1.54) is 11.8 Å². The molecule has 0 saturated carbocycles. The summed E-state index contributed by atoms with van der Waals surface area (Å²) >= 11 is 7.46. The molecule has 5 nitrogen and oxygen atoms in total. The van der Waals surface area contributed by atoms with E-state index in [0.717, 1.165) is 30.0 Å². The first kappa shape index (κ1) is 16.3. The van der Waals surface area contributed by atoms with Gasteiger partial charge < -0.3 is 9.42 Å². The van der Waals surface area contributed by atoms with Crippen LogP contribution in [-0.4, -0.2) is 33.2 Å². The van der Waals surface area contributed by atoms with E-state index in [9.17, 15) is 4.79 Å². The zero-order valence-electron chi connectivity index (χ0n) is 12.9. The third kappa shape index (κ3) is 4.06. The number of likely N-dealkylation sites (tertiary alicyclic amines) is 1. The molecule has 7 heteroatoms. The second-order valence-corrected chi connectivity index (χ2v) is 6.94. The third-order valence-corrected chi connectivity index (χ3v) is 5.02. The molecular formula is C16H18ClN3O2S. The van der Waals surface area contributed by atoms with Gasteiger partial charge in [-0.25, -0.2) is 0 Å². The van der Waals surface area contributed by atoms with E-state index >= 15 is 0 Å². The number of aromatic nitrogens is 2. The Morgan fingerprint density at radius 1 is 1.43 bits per heavy atom. The van der Waals surface area contributed by atoms with Crippen molar-refractivity contribution in [3.8, 4) is 0 Å². The number of nitrogens with zero attached hydrogens (tertiary/aromatic N) is 3. The van der Waals surface area contributed by atoms with Gasteiger partial charge in [0.25, 0.3) is 0 Å². The highest BCUT2D eigenvalue weighted by atomic mass is 35.5. The fraction of sp³-hybridized carbons (Fsp3) is 0.438. The molecule has 3 rings (SSSR count). The van der Waals surface area contributed by atoms with Crippen LogP contribution in [0.4, 0.5) is 0 Å². The lowest BCUT2D eigenvalue weighted by atomic mass is 10.0. The first-order valence-electron chi connectivity index (χ1n) is 7.55. The van der Waals surface area contributed by atoms with Gasteiger partial charge >= 0.3 is 0 Å². The Bertz CT molecular complexity index is 674. The van der Waals surface area contributed by atoms with Crippen LogP contribution in [0.2, 0.25) is 5.02 Å². The lowest BCUT2D eigenvalue weighted by molar-refractivity contribution is -0.129. The van der Waals surface area contributed by atoms with E-state index in [2.05, 4.69) is 10.1 Å². The highest BCUT2D eigenvalue weighted by Gasteiger charge is 2.29. The molecule has 0 aliphatic carbocycles. The van der Waals surface area contributed by atoms with Crippen LogP contribution in [0.15, 0.2) is 28.8 Å². The second kappa shape index (κ2) is 7.36. The van der Waals surface area contributed by atoms with Crippen molar-refractivity contribution >= 4 is 29.3 Å². The fourth-order valence-electron chi connectivity index (χ4n) is 2.81. The van der Waals surface area contributed by atoms with Crippen LogP contribution in [-0.2, 0) is 10.5 Å². The summed E-state index contributed by atoms with van der Waals surface area (Å²) in [4.78, 5) is 18.6. The molecule has 0 unspecified atom stereocenters. The number of thioether (sulfide) groups is 1. The summed E-state index contributed by atoms with van der Waals surface area (Å²) in [6, 6.07) is 7.94. The molecule has 0 radical (unpaired) electrons. The van der Waals surface area contributed by atoms with Crippen molar-refractivity contribution in [2.45, 2.75) is 31.6 Å². The minimum Gasteiger partial charge on any atom is -0.340 e. The summed E-state index contributed by atoms with van der Waals surface area (Å²) in [5.41, 5.74) is 1.15. The number of benzene rings is 1. The molecule has 1 amide bonds. The zero-order valence-corrected chi connectivity index (χ0v) is 14.4. The number of amides is 1. The van der Waals surface area contributed by atoms with Crippen molar-refractivity contribution in [1.82, 2.24) is 15.0 Å². The summed E-state index contributed by atoms with van der Waals surface area (Å²) in [6.07, 6.45) is 2.04. The van der Waals surface area contributed by atoms with Crippen LogP contribution in [0, 0.1) is 6.92 Å². The van der Waals surface area contributed by atoms with Gasteiger partial charge in [0.05, 0.1) is 17.5 Å². The van der Waals surface area contributed by atoms with Gasteiger partial charge in [-0.2, -0.15) is 4.98 Å². The smallest absolute Gasteiger partial charge is 0.233 e. The van der Waals surface area contributed by atoms with Crippen LogP contribution >= 0.6 is 23.4 Å². The van der Waals surface area contributed by atoms with Crippen LogP contribution in [0.3, 0.4) is 0 Å². The Hall–Kier alpha value is -1.53. The molecule has 122 valence electrons. The predicted octanol–water partition coefficient (Wildman–Crippen LogP) is 3.63. The average Bonchev–Trinajstić information content (AvgIpc) is 3.17. The Morgan fingerprint density at radius 3 is 2.91 bits per heavy atom. The van der Waals surface area contributed by atoms with Gasteiger partial charge in [-0.3, -0.25) is 4.79 Å². The molecule has 1 saturated heterocycles. The van der Waals surface area contributed by atoms with Gasteiger partial charge in [-0.05, 0) is 30.5 Å². The molecule has 23 heavy (non-hydrogen) atoms. The van der Waals surface area contributed by atoms with E-state index in [1.54, 1.807) is 6.92 Å². The molecule has 1 atom stereocenters. The normalized spacial score (nSPS) is 17.7. The van der Waals surface area contributed by atoms with E-state index in [0.29, 0.717) is 23.2 Å². The maximum atomic E-state index is 12.5. The monoisotopic (exact) mass is 351 g/mol. The highest BCUT2D eigenvalue weighted by molar-refractivity contribution is 7.99. The average molecular weight is 352 g/mol. The predicted molar refractivity (Wildman–Crippen MR) is 90.3 cm³/mol. The fourth-order valence-corrected chi connectivity index (χ4v) is 3.68. The van der Waals surface area contributed by atoms with E-state index in [1.807, 2.05) is 29.2 Å². The third-order valence-electron chi connectivity index (χ3n) is 3.85. The summed E-state index contributed by atoms with van der Waals surface area (Å²) in [7, 11) is 0. The summed E-state index contributed by atoms with van der Waals surface area (Å²) in [6.45, 7) is 2.57. The molecule has 1 aromatic carbocycles. The molecule has 1 aromatic heterocycles. The first-order chi connectivity index (χ1) is 11.1. The van der Waals surface area contributed by atoms with E-state index < -0.39 is 0 Å². The number of carbonyl (C=O) groups excluding carboxylic acids is 1. The second-order valence-electron chi connectivity index (χ2n) is 5.52. The van der Waals surface area contributed by atoms with E-state index in [4.69, 9.17) is 16.1 Å². The molecule has 2 heterocycles. The van der Waals surface area contributed by atoms with Crippen molar-refractivity contribution < 1.29 is 9.32 Å². The molecule has 0 spiro atoms. The zero-order chi connectivity index (χ0) is 16.2. The van der Waals surface area contributed by atoms with Crippen molar-refractivity contribution in [2.75, 3.05) is 12.3 Å². The van der Waals surface area contributed by atoms with Crippen LogP contribution in [0.25, 0.3) is 0 Å². The maximum absolute atomic E-state index is 12.5. The van der Waals surface area contributed by atoms with Crippen molar-refractivity contribution in [3.63, 3.8) is 0 Å². The summed E-state index contributed by atoms with van der Waals surface area (Å²) < 4.78 is 4.93. The maximum Gasteiger partial charge on any atom is 0.233 e. The largest absolute Gasteiger partial charge is 0.340 e. The number of halogens is 1.